The first-order valence-corrected chi connectivity index (χ1v) is 6.16. The van der Waals surface area contributed by atoms with E-state index >= 15 is 0 Å². The Balaban J connectivity index is 2.07. The lowest BCUT2D eigenvalue weighted by Gasteiger charge is -2.13. The second kappa shape index (κ2) is 4.03. The number of hydrogen-bond donors (Lipinski definition) is 1. The van der Waals surface area contributed by atoms with Crippen molar-refractivity contribution in [1.29, 1.82) is 0 Å². The monoisotopic (exact) mass is 277 g/mol. The second-order valence-electron chi connectivity index (χ2n) is 3.90. The van der Waals surface area contributed by atoms with Gasteiger partial charge in [0.15, 0.2) is 0 Å². The van der Waals surface area contributed by atoms with Crippen LogP contribution in [-0.2, 0) is 13.1 Å². The molecule has 16 heavy (non-hydrogen) atoms. The Morgan fingerprint density at radius 2 is 2.19 bits per heavy atom. The van der Waals surface area contributed by atoms with Gasteiger partial charge in [0, 0.05) is 23.1 Å². The van der Waals surface area contributed by atoms with E-state index in [1.54, 1.807) is 0 Å². The second-order valence-corrected chi connectivity index (χ2v) is 4.76. The zero-order valence-corrected chi connectivity index (χ0v) is 10.4. The van der Waals surface area contributed by atoms with E-state index in [4.69, 9.17) is 0 Å². The van der Waals surface area contributed by atoms with Crippen molar-refractivity contribution in [3.05, 3.63) is 40.5 Å². The molecule has 0 spiro atoms. The minimum absolute atomic E-state index is 0.914. The third-order valence-electron chi connectivity index (χ3n) is 2.82. The average molecular weight is 278 g/mol. The van der Waals surface area contributed by atoms with Crippen molar-refractivity contribution in [2.75, 3.05) is 6.54 Å². The van der Waals surface area contributed by atoms with Crippen LogP contribution in [0.1, 0.15) is 5.69 Å². The third kappa shape index (κ3) is 1.68. The van der Waals surface area contributed by atoms with Crippen LogP contribution in [0.5, 0.6) is 0 Å². The molecule has 0 saturated carbocycles. The third-order valence-corrected chi connectivity index (χ3v) is 3.51. The summed E-state index contributed by atoms with van der Waals surface area (Å²) in [5, 5.41) is 7.98. The predicted molar refractivity (Wildman–Crippen MR) is 67.1 cm³/mol. The molecule has 1 N–H and O–H groups in total. The van der Waals surface area contributed by atoms with Gasteiger partial charge in [-0.3, -0.25) is 4.68 Å². The van der Waals surface area contributed by atoms with Crippen LogP contribution in [0.4, 0.5) is 0 Å². The van der Waals surface area contributed by atoms with Crippen molar-refractivity contribution in [2.24, 2.45) is 0 Å². The molecule has 0 atom stereocenters. The molecule has 0 radical (unpaired) electrons. The number of nitrogens with one attached hydrogen (secondary N) is 1. The minimum Gasteiger partial charge on any atom is -0.309 e. The molecule has 0 bridgehead atoms. The van der Waals surface area contributed by atoms with E-state index in [9.17, 15) is 0 Å². The topological polar surface area (TPSA) is 29.9 Å². The molecule has 1 aromatic carbocycles. The lowest BCUT2D eigenvalue weighted by atomic mass is 10.1. The molecule has 1 aliphatic rings. The molecule has 3 rings (SSSR count). The molecule has 1 aromatic heterocycles. The molecule has 0 saturated heterocycles. The number of halogens is 1. The lowest BCUT2D eigenvalue weighted by molar-refractivity contribution is 0.476. The minimum atomic E-state index is 0.914. The normalized spacial score (nSPS) is 14.8. The predicted octanol–water partition coefficient (Wildman–Crippen LogP) is 2.42. The Labute approximate surface area is 103 Å². The van der Waals surface area contributed by atoms with Crippen LogP contribution in [-0.4, -0.2) is 16.3 Å². The Hall–Kier alpha value is -1.13. The first kappa shape index (κ1) is 10.1. The lowest BCUT2D eigenvalue weighted by Crippen LogP contribution is -2.28. The zero-order valence-electron chi connectivity index (χ0n) is 8.78. The highest BCUT2D eigenvalue weighted by Crippen LogP contribution is 2.27. The highest BCUT2D eigenvalue weighted by atomic mass is 79.9. The molecule has 4 heteroatoms. The van der Waals surface area contributed by atoms with Gasteiger partial charge in [-0.1, -0.05) is 34.1 Å². The van der Waals surface area contributed by atoms with Crippen molar-refractivity contribution in [2.45, 2.75) is 13.1 Å². The summed E-state index contributed by atoms with van der Waals surface area (Å²) in [4.78, 5) is 0. The largest absolute Gasteiger partial charge is 0.309 e. The summed E-state index contributed by atoms with van der Waals surface area (Å²) in [6.45, 7) is 2.88. The summed E-state index contributed by atoms with van der Waals surface area (Å²) in [6, 6.07) is 10.4. The molecule has 2 aromatic rings. The van der Waals surface area contributed by atoms with E-state index in [-0.39, 0.29) is 0 Å². The molecule has 0 fully saturated rings. The molecular weight excluding hydrogens is 266 g/mol. The summed E-state index contributed by atoms with van der Waals surface area (Å²) in [6.07, 6.45) is 0. The van der Waals surface area contributed by atoms with E-state index in [0.29, 0.717) is 0 Å². The van der Waals surface area contributed by atoms with Gasteiger partial charge in [-0.25, -0.2) is 0 Å². The quantitative estimate of drug-likeness (QED) is 0.868. The maximum absolute atomic E-state index is 4.63. The number of fused-ring (bicyclic) bond motifs is 1. The van der Waals surface area contributed by atoms with Crippen LogP contribution in [0, 0.1) is 0 Å². The maximum atomic E-state index is 4.63. The van der Waals surface area contributed by atoms with E-state index in [1.165, 1.54) is 5.69 Å². The Bertz CT molecular complexity index is 495. The van der Waals surface area contributed by atoms with E-state index in [0.717, 1.165) is 35.4 Å². The molecule has 0 unspecified atom stereocenters. The van der Waals surface area contributed by atoms with E-state index in [1.807, 2.05) is 18.2 Å². The van der Waals surface area contributed by atoms with E-state index in [2.05, 4.69) is 43.2 Å². The van der Waals surface area contributed by atoms with Crippen LogP contribution in [0.15, 0.2) is 34.8 Å². The van der Waals surface area contributed by atoms with Crippen molar-refractivity contribution in [3.63, 3.8) is 0 Å². The summed E-state index contributed by atoms with van der Waals surface area (Å²) < 4.78 is 3.18. The van der Waals surface area contributed by atoms with Crippen LogP contribution >= 0.6 is 15.9 Å². The van der Waals surface area contributed by atoms with Crippen LogP contribution in [0.25, 0.3) is 11.3 Å². The molecule has 82 valence electrons. The van der Waals surface area contributed by atoms with E-state index < -0.39 is 0 Å². The summed E-state index contributed by atoms with van der Waals surface area (Å²) in [5.74, 6) is 0. The fourth-order valence-corrected chi connectivity index (χ4v) is 2.48. The fraction of sp³-hybridized carbons (Fsp3) is 0.250. The number of benzene rings is 1. The number of rotatable bonds is 1. The summed E-state index contributed by atoms with van der Waals surface area (Å²) in [5.41, 5.74) is 3.47. The first-order valence-electron chi connectivity index (χ1n) is 5.37. The molecule has 3 nitrogen and oxygen atoms in total. The van der Waals surface area contributed by atoms with Crippen molar-refractivity contribution < 1.29 is 0 Å². The van der Waals surface area contributed by atoms with Crippen molar-refractivity contribution >= 4 is 15.9 Å². The van der Waals surface area contributed by atoms with Gasteiger partial charge in [0.05, 0.1) is 17.9 Å². The van der Waals surface area contributed by atoms with Crippen molar-refractivity contribution in [1.82, 2.24) is 15.1 Å². The fourth-order valence-electron chi connectivity index (χ4n) is 1.99. The van der Waals surface area contributed by atoms with Gasteiger partial charge in [-0.2, -0.15) is 5.10 Å². The van der Waals surface area contributed by atoms with Gasteiger partial charge in [0.1, 0.15) is 0 Å². The Kier molecular flexibility index (Phi) is 2.53. The number of nitrogens with zero attached hydrogens (tertiary/aromatic N) is 2. The smallest absolute Gasteiger partial charge is 0.0937 e. The van der Waals surface area contributed by atoms with Crippen molar-refractivity contribution in [3.8, 4) is 11.3 Å². The molecule has 1 aliphatic heterocycles. The highest BCUT2D eigenvalue weighted by molar-refractivity contribution is 9.10. The van der Waals surface area contributed by atoms with Crippen LogP contribution < -0.4 is 5.32 Å². The van der Waals surface area contributed by atoms with Gasteiger partial charge in [-0.05, 0) is 12.1 Å². The first-order chi connectivity index (χ1) is 7.84. The van der Waals surface area contributed by atoms with Crippen LogP contribution in [0.3, 0.4) is 0 Å². The maximum Gasteiger partial charge on any atom is 0.0937 e. The van der Waals surface area contributed by atoms with Gasteiger partial charge in [0.25, 0.3) is 0 Å². The summed E-state index contributed by atoms with van der Waals surface area (Å²) in [7, 11) is 0. The Morgan fingerprint density at radius 3 is 3.00 bits per heavy atom. The average Bonchev–Trinajstić information content (AvgIpc) is 2.73. The molecular formula is C12H12BrN3. The van der Waals surface area contributed by atoms with Crippen LogP contribution in [0.2, 0.25) is 0 Å². The van der Waals surface area contributed by atoms with Gasteiger partial charge < -0.3 is 5.32 Å². The van der Waals surface area contributed by atoms with Gasteiger partial charge >= 0.3 is 0 Å². The Morgan fingerprint density at radius 1 is 1.31 bits per heavy atom. The molecule has 0 amide bonds. The molecule has 0 aliphatic carbocycles. The summed E-state index contributed by atoms with van der Waals surface area (Å²) >= 11 is 3.56. The SMILES string of the molecule is Brc1ccccc1-c1cc2n(n1)CCNC2. The standard InChI is InChI=1S/C12H12BrN3/c13-11-4-2-1-3-10(11)12-7-9-8-14-5-6-16(9)15-12/h1-4,7,14H,5-6,8H2. The van der Waals surface area contributed by atoms with Gasteiger partial charge in [-0.15, -0.1) is 0 Å². The van der Waals surface area contributed by atoms with Gasteiger partial charge in [0.2, 0.25) is 0 Å². The number of aromatic nitrogens is 2. The number of hydrogen-bond acceptors (Lipinski definition) is 2. The molecule has 2 heterocycles. The highest BCUT2D eigenvalue weighted by Gasteiger charge is 2.13. The zero-order chi connectivity index (χ0) is 11.0.